The number of benzene rings is 1. The average Bonchev–Trinajstić information content (AvgIpc) is 3.51. The van der Waals surface area contributed by atoms with E-state index in [4.69, 9.17) is 0 Å². The van der Waals surface area contributed by atoms with E-state index in [1.165, 1.54) is 5.56 Å². The Bertz CT molecular complexity index is 1150. The van der Waals surface area contributed by atoms with Crippen molar-refractivity contribution in [1.29, 1.82) is 0 Å². The van der Waals surface area contributed by atoms with Gasteiger partial charge in [0.2, 0.25) is 0 Å². The summed E-state index contributed by atoms with van der Waals surface area (Å²) in [5, 5.41) is 8.80. The van der Waals surface area contributed by atoms with Gasteiger partial charge in [0.1, 0.15) is 18.8 Å². The number of H-pyrrole nitrogens is 1. The van der Waals surface area contributed by atoms with Crippen molar-refractivity contribution in [3.05, 3.63) is 72.7 Å². The van der Waals surface area contributed by atoms with Gasteiger partial charge >= 0.3 is 0 Å². The zero-order valence-electron chi connectivity index (χ0n) is 18.9. The number of piperazine rings is 1. The molecule has 0 saturated carbocycles. The van der Waals surface area contributed by atoms with Crippen LogP contribution in [0.3, 0.4) is 0 Å². The number of hydrogen-bond donors (Lipinski definition) is 1. The van der Waals surface area contributed by atoms with Gasteiger partial charge in [-0.2, -0.15) is 0 Å². The summed E-state index contributed by atoms with van der Waals surface area (Å²) in [5.74, 6) is 0.448. The predicted octanol–water partition coefficient (Wildman–Crippen LogP) is 3.45. The topological polar surface area (TPSA) is 65.9 Å². The van der Waals surface area contributed by atoms with Crippen molar-refractivity contribution in [1.82, 2.24) is 34.5 Å². The average molecular weight is 448 g/mol. The number of aromatic nitrogens is 5. The van der Waals surface area contributed by atoms with Gasteiger partial charge in [0.05, 0.1) is 0 Å². The molecule has 1 aliphatic rings. The quantitative estimate of drug-likeness (QED) is 0.448. The summed E-state index contributed by atoms with van der Waals surface area (Å²) >= 11 is 0. The van der Waals surface area contributed by atoms with Crippen molar-refractivity contribution in [2.24, 2.45) is 0 Å². The fraction of sp³-hybridized carbons (Fsp3) is 0.400. The second-order valence-corrected chi connectivity index (χ2v) is 9.00. The Morgan fingerprint density at radius 3 is 2.52 bits per heavy atom. The lowest BCUT2D eigenvalue weighted by atomic mass is 10.0. The molecule has 1 aromatic carbocycles. The highest BCUT2D eigenvalue weighted by atomic mass is 19.1. The van der Waals surface area contributed by atoms with Crippen LogP contribution in [-0.4, -0.2) is 80.0 Å². The molecule has 4 aromatic rings. The van der Waals surface area contributed by atoms with E-state index in [0.29, 0.717) is 18.9 Å². The zero-order chi connectivity index (χ0) is 22.6. The first kappa shape index (κ1) is 21.7. The van der Waals surface area contributed by atoms with Gasteiger partial charge in [-0.1, -0.05) is 13.0 Å². The second-order valence-electron chi connectivity index (χ2n) is 9.00. The normalized spacial score (nSPS) is 17.4. The minimum atomic E-state index is -0.900. The van der Waals surface area contributed by atoms with Crippen LogP contribution in [0.2, 0.25) is 0 Å². The number of alkyl halides is 1. The molecule has 0 radical (unpaired) electrons. The molecule has 3 aromatic heterocycles. The van der Waals surface area contributed by atoms with E-state index >= 15 is 4.39 Å². The molecular weight excluding hydrogens is 417 g/mol. The molecule has 2 atom stereocenters. The minimum Gasteiger partial charge on any atom is -0.361 e. The summed E-state index contributed by atoms with van der Waals surface area (Å²) in [4.78, 5) is 12.2. The number of nitrogens with zero attached hydrogens (tertiary/aromatic N) is 6. The molecule has 1 saturated heterocycles. The van der Waals surface area contributed by atoms with Crippen LogP contribution in [0.5, 0.6) is 0 Å². The maximum atomic E-state index is 15.1. The maximum Gasteiger partial charge on any atom is 0.123 e. The largest absolute Gasteiger partial charge is 0.361 e. The Balaban J connectivity index is 1.14. The number of hydrogen-bond acceptors (Lipinski definition) is 5. The number of nitrogens with one attached hydrogen (secondary N) is 1. The van der Waals surface area contributed by atoms with E-state index in [1.54, 1.807) is 12.7 Å². The van der Waals surface area contributed by atoms with Crippen LogP contribution >= 0.6 is 0 Å². The number of aromatic amines is 1. The fourth-order valence-electron chi connectivity index (χ4n) is 4.73. The van der Waals surface area contributed by atoms with Crippen molar-refractivity contribution < 1.29 is 4.39 Å². The molecule has 172 valence electrons. The smallest absolute Gasteiger partial charge is 0.123 e. The van der Waals surface area contributed by atoms with E-state index < -0.39 is 6.17 Å². The van der Waals surface area contributed by atoms with Gasteiger partial charge in [0.15, 0.2) is 0 Å². The molecule has 1 N–H and O–H groups in total. The first-order valence-electron chi connectivity index (χ1n) is 11.6. The fourth-order valence-corrected chi connectivity index (χ4v) is 4.73. The van der Waals surface area contributed by atoms with Gasteiger partial charge in [0, 0.05) is 80.9 Å². The summed E-state index contributed by atoms with van der Waals surface area (Å²) < 4.78 is 16.9. The molecule has 8 heteroatoms. The number of pyridine rings is 1. The van der Waals surface area contributed by atoms with Crippen LogP contribution in [0.4, 0.5) is 4.39 Å². The highest BCUT2D eigenvalue weighted by Gasteiger charge is 2.22. The SMILES string of the molecule is CC(CN1CCN(CC(F)Cc2c[nH]c3ccc(-n4cnnc4)cc23)CC1)c1cccnc1. The monoisotopic (exact) mass is 447 g/mol. The third-order valence-corrected chi connectivity index (χ3v) is 6.62. The van der Waals surface area contributed by atoms with Gasteiger partial charge in [-0.3, -0.25) is 14.5 Å². The van der Waals surface area contributed by atoms with E-state index in [0.717, 1.165) is 54.9 Å². The van der Waals surface area contributed by atoms with Crippen LogP contribution in [-0.2, 0) is 6.42 Å². The Kier molecular flexibility index (Phi) is 6.46. The Morgan fingerprint density at radius 1 is 1.03 bits per heavy atom. The lowest BCUT2D eigenvalue weighted by molar-refractivity contribution is 0.104. The summed E-state index contributed by atoms with van der Waals surface area (Å²) in [6, 6.07) is 10.2. The molecule has 1 aliphatic heterocycles. The van der Waals surface area contributed by atoms with Gasteiger partial charge < -0.3 is 9.88 Å². The zero-order valence-corrected chi connectivity index (χ0v) is 18.9. The molecule has 0 bridgehead atoms. The first-order valence-corrected chi connectivity index (χ1v) is 11.6. The molecule has 0 amide bonds. The van der Waals surface area contributed by atoms with Crippen molar-refractivity contribution in [2.75, 3.05) is 39.3 Å². The van der Waals surface area contributed by atoms with Crippen molar-refractivity contribution in [3.8, 4) is 5.69 Å². The molecule has 7 nitrogen and oxygen atoms in total. The van der Waals surface area contributed by atoms with E-state index in [1.807, 2.05) is 41.4 Å². The maximum absolute atomic E-state index is 15.1. The molecule has 33 heavy (non-hydrogen) atoms. The Morgan fingerprint density at radius 2 is 1.79 bits per heavy atom. The summed E-state index contributed by atoms with van der Waals surface area (Å²) in [6.45, 7) is 7.51. The van der Waals surface area contributed by atoms with Crippen LogP contribution in [0, 0.1) is 0 Å². The molecule has 0 spiro atoms. The summed E-state index contributed by atoms with van der Waals surface area (Å²) in [5.41, 5.74) is 4.28. The third kappa shape index (κ3) is 5.12. The van der Waals surface area contributed by atoms with E-state index in [9.17, 15) is 0 Å². The molecule has 5 rings (SSSR count). The van der Waals surface area contributed by atoms with Gasteiger partial charge in [0.25, 0.3) is 0 Å². The second kappa shape index (κ2) is 9.80. The molecular formula is C25H30FN7. The lowest BCUT2D eigenvalue weighted by Crippen LogP contribution is -2.49. The Labute approximate surface area is 193 Å². The summed E-state index contributed by atoms with van der Waals surface area (Å²) in [6.07, 6.45) is 8.55. The van der Waals surface area contributed by atoms with E-state index in [2.05, 4.69) is 49.0 Å². The predicted molar refractivity (Wildman–Crippen MR) is 127 cm³/mol. The van der Waals surface area contributed by atoms with Crippen LogP contribution in [0.1, 0.15) is 24.0 Å². The van der Waals surface area contributed by atoms with Gasteiger partial charge in [-0.25, -0.2) is 4.39 Å². The van der Waals surface area contributed by atoms with Crippen molar-refractivity contribution in [2.45, 2.75) is 25.4 Å². The molecule has 4 heterocycles. The molecule has 1 fully saturated rings. The first-order chi connectivity index (χ1) is 16.2. The Hall–Kier alpha value is -3.10. The third-order valence-electron chi connectivity index (χ3n) is 6.62. The van der Waals surface area contributed by atoms with Crippen LogP contribution in [0.25, 0.3) is 16.6 Å². The number of fused-ring (bicyclic) bond motifs is 1. The minimum absolute atomic E-state index is 0.407. The number of rotatable bonds is 8. The highest BCUT2D eigenvalue weighted by molar-refractivity contribution is 5.85. The van der Waals surface area contributed by atoms with Gasteiger partial charge in [-0.05, 0) is 41.3 Å². The van der Waals surface area contributed by atoms with Crippen molar-refractivity contribution in [3.63, 3.8) is 0 Å². The highest BCUT2D eigenvalue weighted by Crippen LogP contribution is 2.24. The lowest BCUT2D eigenvalue weighted by Gasteiger charge is -2.36. The van der Waals surface area contributed by atoms with Crippen molar-refractivity contribution >= 4 is 10.9 Å². The number of halogens is 1. The molecule has 0 aliphatic carbocycles. The standard InChI is InChI=1S/C25H30FN7/c1-19(20-3-2-6-27-13-20)15-31-7-9-32(10-8-31)16-22(26)11-21-14-28-25-5-4-23(12-24(21)25)33-17-29-30-18-33/h2-6,12-14,17-19,22,28H,7-11,15-16H2,1H3. The van der Waals surface area contributed by atoms with Gasteiger partial charge in [-0.15, -0.1) is 10.2 Å². The summed E-state index contributed by atoms with van der Waals surface area (Å²) in [7, 11) is 0. The van der Waals surface area contributed by atoms with E-state index in [-0.39, 0.29) is 0 Å². The van der Waals surface area contributed by atoms with Crippen LogP contribution < -0.4 is 0 Å². The molecule has 2 unspecified atom stereocenters. The van der Waals surface area contributed by atoms with Crippen LogP contribution in [0.15, 0.2) is 61.6 Å².